The zero-order valence-corrected chi connectivity index (χ0v) is 8.10. The summed E-state index contributed by atoms with van der Waals surface area (Å²) in [6.45, 7) is 1.25. The van der Waals surface area contributed by atoms with E-state index < -0.39 is 5.97 Å². The van der Waals surface area contributed by atoms with Crippen molar-refractivity contribution in [2.75, 3.05) is 6.54 Å². The van der Waals surface area contributed by atoms with Gasteiger partial charge in [-0.15, -0.1) is 0 Å². The molecule has 0 spiro atoms. The molecule has 0 radical (unpaired) electrons. The molecule has 0 aliphatic carbocycles. The number of aryl methyl sites for hydroxylation is 1. The van der Waals surface area contributed by atoms with Crippen LogP contribution in [0.3, 0.4) is 0 Å². The molecule has 2 N–H and O–H groups in total. The van der Waals surface area contributed by atoms with E-state index in [9.17, 15) is 4.79 Å². The zero-order chi connectivity index (χ0) is 10.4. The largest absolute Gasteiger partial charge is 0.481 e. The fourth-order valence-corrected chi connectivity index (χ4v) is 1.03. The minimum Gasteiger partial charge on any atom is -0.481 e. The molecule has 0 aliphatic heterocycles. The van der Waals surface area contributed by atoms with Gasteiger partial charge in [0, 0.05) is 13.5 Å². The normalized spacial score (nSPS) is 10.4. The van der Waals surface area contributed by atoms with Gasteiger partial charge < -0.3 is 10.4 Å². The Bertz CT molecular complexity index is 297. The van der Waals surface area contributed by atoms with E-state index in [1.807, 2.05) is 0 Å². The average Bonchev–Trinajstić information content (AvgIpc) is 2.50. The molecule has 1 heterocycles. The Hall–Kier alpha value is -1.43. The summed E-state index contributed by atoms with van der Waals surface area (Å²) in [6.07, 6.45) is 2.46. The maximum Gasteiger partial charge on any atom is 0.303 e. The number of nitrogens with one attached hydrogen (secondary N) is 1. The van der Waals surface area contributed by atoms with E-state index in [2.05, 4.69) is 15.4 Å². The lowest BCUT2D eigenvalue weighted by Crippen LogP contribution is -2.16. The molecule has 0 unspecified atom stereocenters. The number of carboxylic acid groups (broad SMARTS) is 1. The summed E-state index contributed by atoms with van der Waals surface area (Å²) < 4.78 is 1.63. The molecule has 1 rings (SSSR count). The molecule has 78 valence electrons. The highest BCUT2D eigenvalue weighted by Gasteiger charge is 1.98. The standard InChI is InChI=1S/C8H14N4O2/c1-12-6-10-7(11-12)5-9-4-2-3-8(13)14/h6,9H,2-5H2,1H3,(H,13,14). The summed E-state index contributed by atoms with van der Waals surface area (Å²) in [4.78, 5) is 14.2. The number of hydrogen-bond donors (Lipinski definition) is 2. The summed E-state index contributed by atoms with van der Waals surface area (Å²) in [6, 6.07) is 0. The SMILES string of the molecule is Cn1cnc(CNCCCC(=O)O)n1. The van der Waals surface area contributed by atoms with Crippen LogP contribution < -0.4 is 5.32 Å². The van der Waals surface area contributed by atoms with Crippen molar-refractivity contribution in [3.8, 4) is 0 Å². The second-order valence-corrected chi connectivity index (χ2v) is 3.01. The first-order valence-electron chi connectivity index (χ1n) is 4.45. The molecule has 1 aromatic rings. The van der Waals surface area contributed by atoms with Crippen LogP contribution in [-0.4, -0.2) is 32.4 Å². The van der Waals surface area contributed by atoms with E-state index in [0.717, 1.165) is 5.82 Å². The molecule has 0 amide bonds. The smallest absolute Gasteiger partial charge is 0.303 e. The molecule has 0 bridgehead atoms. The number of carboxylic acids is 1. The number of rotatable bonds is 6. The second kappa shape index (κ2) is 5.33. The maximum atomic E-state index is 10.2. The van der Waals surface area contributed by atoms with Crippen LogP contribution in [0.5, 0.6) is 0 Å². The molecular formula is C8H14N4O2. The summed E-state index contributed by atoms with van der Waals surface area (Å²) in [7, 11) is 1.81. The van der Waals surface area contributed by atoms with Gasteiger partial charge in [0.2, 0.25) is 0 Å². The average molecular weight is 198 g/mol. The highest BCUT2D eigenvalue weighted by molar-refractivity contribution is 5.66. The summed E-state index contributed by atoms with van der Waals surface area (Å²) in [5.74, 6) is -0.0365. The van der Waals surface area contributed by atoms with Crippen molar-refractivity contribution in [3.63, 3.8) is 0 Å². The number of aromatic nitrogens is 3. The third kappa shape index (κ3) is 3.99. The Morgan fingerprint density at radius 1 is 1.71 bits per heavy atom. The monoisotopic (exact) mass is 198 g/mol. The molecule has 14 heavy (non-hydrogen) atoms. The van der Waals surface area contributed by atoms with Crippen molar-refractivity contribution >= 4 is 5.97 Å². The Morgan fingerprint density at radius 2 is 2.50 bits per heavy atom. The van der Waals surface area contributed by atoms with Crippen LogP contribution in [0.1, 0.15) is 18.7 Å². The molecule has 1 aromatic heterocycles. The maximum absolute atomic E-state index is 10.2. The van der Waals surface area contributed by atoms with E-state index in [0.29, 0.717) is 19.5 Å². The third-order valence-electron chi connectivity index (χ3n) is 1.67. The Kier molecular flexibility index (Phi) is 4.06. The highest BCUT2D eigenvalue weighted by atomic mass is 16.4. The lowest BCUT2D eigenvalue weighted by atomic mass is 10.3. The van der Waals surface area contributed by atoms with Gasteiger partial charge >= 0.3 is 5.97 Å². The van der Waals surface area contributed by atoms with E-state index >= 15 is 0 Å². The minimum atomic E-state index is -0.761. The van der Waals surface area contributed by atoms with Gasteiger partial charge in [-0.1, -0.05) is 0 Å². The van der Waals surface area contributed by atoms with Crippen molar-refractivity contribution in [2.24, 2.45) is 7.05 Å². The predicted molar refractivity (Wildman–Crippen MR) is 49.6 cm³/mol. The van der Waals surface area contributed by atoms with Crippen LogP contribution in [0.15, 0.2) is 6.33 Å². The molecule has 6 heteroatoms. The van der Waals surface area contributed by atoms with E-state index in [1.165, 1.54) is 0 Å². The van der Waals surface area contributed by atoms with Gasteiger partial charge in [-0.25, -0.2) is 4.98 Å². The van der Waals surface area contributed by atoms with Gasteiger partial charge in [0.25, 0.3) is 0 Å². The molecule has 0 saturated carbocycles. The molecule has 0 aliphatic rings. The quantitative estimate of drug-likeness (QED) is 0.617. The Morgan fingerprint density at radius 3 is 3.07 bits per heavy atom. The number of nitrogens with zero attached hydrogens (tertiary/aromatic N) is 3. The number of aliphatic carboxylic acids is 1. The lowest BCUT2D eigenvalue weighted by Gasteiger charge is -1.99. The van der Waals surface area contributed by atoms with Gasteiger partial charge in [-0.05, 0) is 13.0 Å². The topological polar surface area (TPSA) is 80.0 Å². The Labute approximate surface area is 82.0 Å². The molecule has 0 saturated heterocycles. The van der Waals surface area contributed by atoms with Crippen LogP contribution in [0.4, 0.5) is 0 Å². The van der Waals surface area contributed by atoms with Crippen molar-refractivity contribution in [3.05, 3.63) is 12.2 Å². The summed E-state index contributed by atoms with van der Waals surface area (Å²) in [5.41, 5.74) is 0. The van der Waals surface area contributed by atoms with E-state index in [4.69, 9.17) is 5.11 Å². The fourth-order valence-electron chi connectivity index (χ4n) is 1.03. The first-order valence-corrected chi connectivity index (χ1v) is 4.45. The van der Waals surface area contributed by atoms with Crippen LogP contribution in [0, 0.1) is 0 Å². The first-order chi connectivity index (χ1) is 6.68. The van der Waals surface area contributed by atoms with Crippen LogP contribution in [-0.2, 0) is 18.4 Å². The van der Waals surface area contributed by atoms with Gasteiger partial charge in [0.15, 0.2) is 5.82 Å². The fraction of sp³-hybridized carbons (Fsp3) is 0.625. The van der Waals surface area contributed by atoms with Gasteiger partial charge in [0.05, 0.1) is 6.54 Å². The van der Waals surface area contributed by atoms with Crippen molar-refractivity contribution in [2.45, 2.75) is 19.4 Å². The first kappa shape index (κ1) is 10.6. The predicted octanol–water partition coefficient (Wildman–Crippen LogP) is -0.231. The third-order valence-corrected chi connectivity index (χ3v) is 1.67. The van der Waals surface area contributed by atoms with Crippen LogP contribution in [0.2, 0.25) is 0 Å². The molecule has 0 aromatic carbocycles. The van der Waals surface area contributed by atoms with Gasteiger partial charge in [-0.3, -0.25) is 9.48 Å². The zero-order valence-electron chi connectivity index (χ0n) is 8.10. The summed E-state index contributed by atoms with van der Waals surface area (Å²) in [5, 5.41) is 15.5. The van der Waals surface area contributed by atoms with Crippen molar-refractivity contribution < 1.29 is 9.90 Å². The molecular weight excluding hydrogens is 184 g/mol. The number of carbonyl (C=O) groups is 1. The van der Waals surface area contributed by atoms with Crippen molar-refractivity contribution in [1.82, 2.24) is 20.1 Å². The molecule has 0 fully saturated rings. The van der Waals surface area contributed by atoms with E-state index in [-0.39, 0.29) is 6.42 Å². The van der Waals surface area contributed by atoms with Crippen LogP contribution in [0.25, 0.3) is 0 Å². The second-order valence-electron chi connectivity index (χ2n) is 3.01. The Balaban J connectivity index is 2.07. The van der Waals surface area contributed by atoms with Gasteiger partial charge in [0.1, 0.15) is 6.33 Å². The number of hydrogen-bond acceptors (Lipinski definition) is 4. The van der Waals surface area contributed by atoms with E-state index in [1.54, 1.807) is 18.1 Å². The summed E-state index contributed by atoms with van der Waals surface area (Å²) >= 11 is 0. The van der Waals surface area contributed by atoms with Crippen molar-refractivity contribution in [1.29, 1.82) is 0 Å². The van der Waals surface area contributed by atoms with Gasteiger partial charge in [-0.2, -0.15) is 5.10 Å². The molecule has 0 atom stereocenters. The minimum absolute atomic E-state index is 0.197. The lowest BCUT2D eigenvalue weighted by molar-refractivity contribution is -0.137. The highest BCUT2D eigenvalue weighted by Crippen LogP contribution is 1.89. The van der Waals surface area contributed by atoms with Crippen LogP contribution >= 0.6 is 0 Å². The molecule has 6 nitrogen and oxygen atoms in total.